The van der Waals surface area contributed by atoms with Crippen molar-refractivity contribution in [2.45, 2.75) is 36.3 Å². The predicted molar refractivity (Wildman–Crippen MR) is 114 cm³/mol. The number of carbonyl (C=O) groups excluding carboxylic acids is 4. The number of aryl methyl sites for hydroxylation is 2. The zero-order valence-corrected chi connectivity index (χ0v) is 19.3. The number of hydrogen-bond donors (Lipinski definition) is 1. The molecule has 3 amide bonds. The number of hydrogen-bond acceptors (Lipinski definition) is 5. The van der Waals surface area contributed by atoms with Gasteiger partial charge in [-0.2, -0.15) is 0 Å². The average molecular weight is 530 g/mol. The number of imide groups is 1. The van der Waals surface area contributed by atoms with Crippen molar-refractivity contribution in [3.05, 3.63) is 29.3 Å². The van der Waals surface area contributed by atoms with Crippen molar-refractivity contribution in [2.75, 3.05) is 18.5 Å². The Labute approximate surface area is 185 Å². The first-order valence-corrected chi connectivity index (χ1v) is 11.2. The van der Waals surface area contributed by atoms with E-state index in [2.05, 4.69) is 37.2 Å². The van der Waals surface area contributed by atoms with Gasteiger partial charge in [0.25, 0.3) is 5.91 Å². The quantitative estimate of drug-likeness (QED) is 0.359. The summed E-state index contributed by atoms with van der Waals surface area (Å²) in [6.45, 7) is 2.88. The fourth-order valence-electron chi connectivity index (χ4n) is 3.88. The maximum Gasteiger partial charge on any atom is 0.326 e. The molecule has 1 N–H and O–H groups in total. The normalized spacial score (nSPS) is 26.3. The number of rotatable bonds is 5. The van der Waals surface area contributed by atoms with Crippen LogP contribution in [0, 0.1) is 25.7 Å². The van der Waals surface area contributed by atoms with Gasteiger partial charge in [-0.1, -0.05) is 37.9 Å². The van der Waals surface area contributed by atoms with E-state index in [4.69, 9.17) is 4.74 Å². The molecule has 29 heavy (non-hydrogen) atoms. The molecule has 1 aromatic rings. The highest BCUT2D eigenvalue weighted by Gasteiger charge is 2.52. The Balaban J connectivity index is 1.52. The lowest BCUT2D eigenvalue weighted by Crippen LogP contribution is -2.37. The minimum Gasteiger partial charge on any atom is -0.454 e. The Morgan fingerprint density at radius 2 is 1.55 bits per heavy atom. The van der Waals surface area contributed by atoms with Crippen molar-refractivity contribution in [1.82, 2.24) is 4.90 Å². The number of halogens is 2. The van der Waals surface area contributed by atoms with Gasteiger partial charge in [-0.05, 0) is 49.9 Å². The number of nitrogens with zero attached hydrogens (tertiary/aromatic N) is 1. The lowest BCUT2D eigenvalue weighted by molar-refractivity contribution is -0.154. The zero-order chi connectivity index (χ0) is 21.3. The molecule has 0 aromatic heterocycles. The molecule has 0 radical (unpaired) electrons. The van der Waals surface area contributed by atoms with E-state index in [-0.39, 0.29) is 21.5 Å². The molecule has 4 atom stereocenters. The topological polar surface area (TPSA) is 92.8 Å². The van der Waals surface area contributed by atoms with Gasteiger partial charge >= 0.3 is 5.97 Å². The molecule has 1 aromatic carbocycles. The van der Waals surface area contributed by atoms with Crippen LogP contribution in [-0.4, -0.2) is 51.4 Å². The first-order valence-electron chi connectivity index (χ1n) is 9.33. The van der Waals surface area contributed by atoms with Crippen molar-refractivity contribution in [3.63, 3.8) is 0 Å². The maximum atomic E-state index is 12.6. The Bertz CT molecular complexity index is 811. The third-order valence-corrected chi connectivity index (χ3v) is 7.89. The van der Waals surface area contributed by atoms with Crippen LogP contribution in [0.4, 0.5) is 5.69 Å². The summed E-state index contributed by atoms with van der Waals surface area (Å²) in [5.74, 6) is -2.80. The van der Waals surface area contributed by atoms with Crippen LogP contribution in [0.3, 0.4) is 0 Å². The Morgan fingerprint density at radius 3 is 2.07 bits per heavy atom. The van der Waals surface area contributed by atoms with Gasteiger partial charge in [-0.25, -0.2) is 0 Å². The van der Waals surface area contributed by atoms with Crippen molar-refractivity contribution >= 4 is 61.2 Å². The molecule has 0 bridgehead atoms. The SMILES string of the molecule is Cc1cc(C)cc(NC(=O)COC(=O)CN2C(=O)[C@H]3C[C@H](Br)[C@@H](Br)C[C@H]3C2=O)c1. The van der Waals surface area contributed by atoms with Gasteiger partial charge in [0.15, 0.2) is 6.61 Å². The first kappa shape index (κ1) is 22.0. The average Bonchev–Trinajstić information content (AvgIpc) is 2.84. The van der Waals surface area contributed by atoms with Crippen molar-refractivity contribution < 1.29 is 23.9 Å². The number of fused-ring (bicyclic) bond motifs is 1. The highest BCUT2D eigenvalue weighted by molar-refractivity contribution is 9.12. The molecular formula is C20H22Br2N2O5. The molecule has 3 rings (SSSR count). The van der Waals surface area contributed by atoms with Crippen LogP contribution in [0.1, 0.15) is 24.0 Å². The number of ether oxygens (including phenoxy) is 1. The van der Waals surface area contributed by atoms with Crippen LogP contribution in [0.2, 0.25) is 0 Å². The lowest BCUT2D eigenvalue weighted by Gasteiger charge is -2.29. The zero-order valence-electron chi connectivity index (χ0n) is 16.1. The first-order chi connectivity index (χ1) is 13.7. The molecule has 1 heterocycles. The predicted octanol–water partition coefficient (Wildman–Crippen LogP) is 2.71. The van der Waals surface area contributed by atoms with E-state index in [1.165, 1.54) is 0 Å². The molecule has 1 aliphatic heterocycles. The molecule has 0 unspecified atom stereocenters. The van der Waals surface area contributed by atoms with Crippen molar-refractivity contribution in [3.8, 4) is 0 Å². The van der Waals surface area contributed by atoms with E-state index in [1.807, 2.05) is 32.0 Å². The fraction of sp³-hybridized carbons (Fsp3) is 0.500. The van der Waals surface area contributed by atoms with E-state index in [0.717, 1.165) is 16.0 Å². The van der Waals surface area contributed by atoms with Crippen LogP contribution >= 0.6 is 31.9 Å². The molecule has 2 aliphatic rings. The Morgan fingerprint density at radius 1 is 1.03 bits per heavy atom. The molecule has 1 saturated carbocycles. The molecule has 156 valence electrons. The number of benzene rings is 1. The highest BCUT2D eigenvalue weighted by atomic mass is 79.9. The monoisotopic (exact) mass is 528 g/mol. The third kappa shape index (κ3) is 5.06. The summed E-state index contributed by atoms with van der Waals surface area (Å²) in [6, 6.07) is 5.60. The molecule has 1 saturated heterocycles. The van der Waals surface area contributed by atoms with Crippen LogP contribution in [0.5, 0.6) is 0 Å². The highest BCUT2D eigenvalue weighted by Crippen LogP contribution is 2.43. The summed E-state index contributed by atoms with van der Waals surface area (Å²) in [6.07, 6.45) is 1.07. The summed E-state index contributed by atoms with van der Waals surface area (Å²) in [7, 11) is 0. The van der Waals surface area contributed by atoms with Crippen LogP contribution in [0.15, 0.2) is 18.2 Å². The Hall–Kier alpha value is -1.74. The van der Waals surface area contributed by atoms with Gasteiger partial charge in [0.1, 0.15) is 6.54 Å². The second-order valence-electron chi connectivity index (χ2n) is 7.56. The third-order valence-electron chi connectivity index (χ3n) is 5.16. The number of esters is 1. The molecule has 1 aliphatic carbocycles. The standard InChI is InChI=1S/C20H22Br2N2O5/c1-10-3-11(2)5-12(4-10)23-17(25)9-29-18(26)8-24-19(27)13-6-15(21)16(22)7-14(13)20(24)28/h3-5,13-16H,6-9H2,1-2H3,(H,23,25)/t13-,14+,15-,16-/m0/s1. The number of likely N-dealkylation sites (tertiary alicyclic amines) is 1. The minimum absolute atomic E-state index is 0.0985. The summed E-state index contributed by atoms with van der Waals surface area (Å²) < 4.78 is 4.98. The summed E-state index contributed by atoms with van der Waals surface area (Å²) in [5.41, 5.74) is 2.62. The van der Waals surface area contributed by atoms with Crippen molar-refractivity contribution in [2.24, 2.45) is 11.8 Å². The number of carbonyl (C=O) groups is 4. The largest absolute Gasteiger partial charge is 0.454 e. The smallest absolute Gasteiger partial charge is 0.326 e. The van der Waals surface area contributed by atoms with Gasteiger partial charge in [-0.15, -0.1) is 0 Å². The van der Waals surface area contributed by atoms with Crippen molar-refractivity contribution in [1.29, 1.82) is 0 Å². The van der Waals surface area contributed by atoms with Gasteiger partial charge in [-0.3, -0.25) is 24.1 Å². The van der Waals surface area contributed by atoms with Gasteiger partial charge in [0.05, 0.1) is 11.8 Å². The van der Waals surface area contributed by atoms with Gasteiger partial charge < -0.3 is 10.1 Å². The van der Waals surface area contributed by atoms with E-state index in [9.17, 15) is 19.2 Å². The molecule has 2 fully saturated rings. The number of nitrogens with one attached hydrogen (secondary N) is 1. The minimum atomic E-state index is -0.785. The van der Waals surface area contributed by atoms with E-state index < -0.39 is 36.9 Å². The fourth-order valence-corrected chi connectivity index (χ4v) is 5.12. The molecule has 7 nitrogen and oxygen atoms in total. The van der Waals surface area contributed by atoms with E-state index in [0.29, 0.717) is 18.5 Å². The van der Waals surface area contributed by atoms with Crippen LogP contribution in [0.25, 0.3) is 0 Å². The van der Waals surface area contributed by atoms with Crippen LogP contribution in [-0.2, 0) is 23.9 Å². The number of anilines is 1. The number of amides is 3. The lowest BCUT2D eigenvalue weighted by atomic mass is 9.81. The second kappa shape index (κ2) is 8.95. The maximum absolute atomic E-state index is 12.6. The van der Waals surface area contributed by atoms with Gasteiger partial charge in [0, 0.05) is 15.3 Å². The summed E-state index contributed by atoms with van der Waals surface area (Å²) in [5, 5.41) is 2.67. The van der Waals surface area contributed by atoms with E-state index in [1.54, 1.807) is 0 Å². The molecule has 0 spiro atoms. The summed E-state index contributed by atoms with van der Waals surface area (Å²) in [4.78, 5) is 50.4. The van der Waals surface area contributed by atoms with E-state index >= 15 is 0 Å². The summed E-state index contributed by atoms with van der Waals surface area (Å²) >= 11 is 7.04. The molecule has 9 heteroatoms. The van der Waals surface area contributed by atoms with Gasteiger partial charge in [0.2, 0.25) is 11.8 Å². The Kier molecular flexibility index (Phi) is 6.78. The molecular weight excluding hydrogens is 508 g/mol. The number of alkyl halides is 2. The van der Waals surface area contributed by atoms with Crippen LogP contribution < -0.4 is 5.32 Å². The second-order valence-corrected chi connectivity index (χ2v) is 9.92.